The maximum absolute atomic E-state index is 12.8. The molecule has 3 rings (SSSR count). The van der Waals surface area contributed by atoms with Gasteiger partial charge in [-0.05, 0) is 31.0 Å². The molecule has 20 heavy (non-hydrogen) atoms. The van der Waals surface area contributed by atoms with Crippen molar-refractivity contribution >= 4 is 17.3 Å². The van der Waals surface area contributed by atoms with E-state index in [2.05, 4.69) is 36.3 Å². The van der Waals surface area contributed by atoms with Crippen molar-refractivity contribution in [1.82, 2.24) is 5.32 Å². The largest absolute Gasteiger partial charge is 0.373 e. The highest BCUT2D eigenvalue weighted by molar-refractivity contribution is 5.98. The average Bonchev–Trinajstić information content (AvgIpc) is 2.94. The van der Waals surface area contributed by atoms with E-state index in [4.69, 9.17) is 0 Å². The summed E-state index contributed by atoms with van der Waals surface area (Å²) in [5.41, 5.74) is 2.23. The average molecular weight is 273 g/mol. The summed E-state index contributed by atoms with van der Waals surface area (Å²) in [6.07, 6.45) is 0.960. The summed E-state index contributed by atoms with van der Waals surface area (Å²) in [6.45, 7) is 5.80. The third-order valence-electron chi connectivity index (χ3n) is 4.34. The summed E-state index contributed by atoms with van der Waals surface area (Å²) in [5, 5.41) is 3.29. The Morgan fingerprint density at radius 3 is 2.70 bits per heavy atom. The summed E-state index contributed by atoms with van der Waals surface area (Å²) in [6, 6.07) is 8.26. The maximum Gasteiger partial charge on any atom is 0.231 e. The van der Waals surface area contributed by atoms with Crippen LogP contribution in [0.5, 0.6) is 0 Å². The van der Waals surface area contributed by atoms with Gasteiger partial charge in [-0.15, -0.1) is 0 Å². The molecule has 108 valence electrons. The first-order valence-corrected chi connectivity index (χ1v) is 7.49. The van der Waals surface area contributed by atoms with E-state index >= 15 is 0 Å². The van der Waals surface area contributed by atoms with E-state index in [0.29, 0.717) is 5.92 Å². The molecular formula is C16H23N3O. The second-order valence-electron chi connectivity index (χ2n) is 6.11. The molecule has 1 fully saturated rings. The third kappa shape index (κ3) is 2.40. The van der Waals surface area contributed by atoms with Crippen molar-refractivity contribution in [1.29, 1.82) is 0 Å². The van der Waals surface area contributed by atoms with Gasteiger partial charge in [0.1, 0.15) is 0 Å². The Bertz CT molecular complexity index is 496. The van der Waals surface area contributed by atoms with Gasteiger partial charge in [-0.25, -0.2) is 0 Å². The SMILES string of the molecule is C[C@H]1CN(C)c2ccccc2N(C(=O)[C@@H]2CCNC2)C1. The first kappa shape index (κ1) is 13.4. The van der Waals surface area contributed by atoms with E-state index in [9.17, 15) is 4.79 Å². The molecule has 0 radical (unpaired) electrons. The van der Waals surface area contributed by atoms with Crippen LogP contribution in [-0.4, -0.2) is 39.1 Å². The summed E-state index contributed by atoms with van der Waals surface area (Å²) in [7, 11) is 2.11. The molecule has 2 aliphatic heterocycles. The number of hydrogen-bond acceptors (Lipinski definition) is 3. The molecule has 1 saturated heterocycles. The minimum absolute atomic E-state index is 0.138. The van der Waals surface area contributed by atoms with Crippen LogP contribution in [0.25, 0.3) is 0 Å². The van der Waals surface area contributed by atoms with Gasteiger partial charge in [0, 0.05) is 26.7 Å². The molecule has 1 N–H and O–H groups in total. The fourth-order valence-electron chi connectivity index (χ4n) is 3.34. The van der Waals surface area contributed by atoms with Crippen LogP contribution in [0.3, 0.4) is 0 Å². The predicted molar refractivity (Wildman–Crippen MR) is 82.2 cm³/mol. The number of hydrogen-bond donors (Lipinski definition) is 1. The van der Waals surface area contributed by atoms with Crippen LogP contribution in [0.15, 0.2) is 24.3 Å². The molecule has 2 atom stereocenters. The van der Waals surface area contributed by atoms with Gasteiger partial charge < -0.3 is 15.1 Å². The predicted octanol–water partition coefficient (Wildman–Crippen LogP) is 1.71. The molecule has 4 heteroatoms. The lowest BCUT2D eigenvalue weighted by Crippen LogP contribution is -2.39. The molecule has 4 nitrogen and oxygen atoms in total. The molecule has 0 saturated carbocycles. The number of nitrogens with one attached hydrogen (secondary N) is 1. The van der Waals surface area contributed by atoms with Gasteiger partial charge in [-0.1, -0.05) is 19.1 Å². The summed E-state index contributed by atoms with van der Waals surface area (Å²) in [5.74, 6) is 0.897. The first-order valence-electron chi connectivity index (χ1n) is 7.49. The van der Waals surface area contributed by atoms with Gasteiger partial charge in [0.05, 0.1) is 17.3 Å². The normalized spacial score (nSPS) is 26.3. The Hall–Kier alpha value is -1.55. The summed E-state index contributed by atoms with van der Waals surface area (Å²) >= 11 is 0. The Kier molecular flexibility index (Phi) is 3.66. The van der Waals surface area contributed by atoms with Gasteiger partial charge in [-0.2, -0.15) is 0 Å². The van der Waals surface area contributed by atoms with Crippen LogP contribution in [0.2, 0.25) is 0 Å². The Morgan fingerprint density at radius 2 is 2.00 bits per heavy atom. The van der Waals surface area contributed by atoms with Gasteiger partial charge in [0.25, 0.3) is 0 Å². The van der Waals surface area contributed by atoms with Crippen LogP contribution in [0.1, 0.15) is 13.3 Å². The van der Waals surface area contributed by atoms with E-state index in [-0.39, 0.29) is 11.8 Å². The molecule has 0 aliphatic carbocycles. The lowest BCUT2D eigenvalue weighted by atomic mass is 10.1. The van der Waals surface area contributed by atoms with Crippen LogP contribution in [0, 0.1) is 11.8 Å². The zero-order chi connectivity index (χ0) is 14.1. The number of fused-ring (bicyclic) bond motifs is 1. The van der Waals surface area contributed by atoms with Crippen molar-refractivity contribution < 1.29 is 4.79 Å². The number of rotatable bonds is 1. The number of para-hydroxylation sites is 2. The maximum atomic E-state index is 12.8. The highest BCUT2D eigenvalue weighted by atomic mass is 16.2. The summed E-state index contributed by atoms with van der Waals surface area (Å²) < 4.78 is 0. The molecule has 1 aromatic carbocycles. The van der Waals surface area contributed by atoms with Crippen LogP contribution in [-0.2, 0) is 4.79 Å². The van der Waals surface area contributed by atoms with Crippen molar-refractivity contribution in [3.8, 4) is 0 Å². The number of carbonyl (C=O) groups is 1. The van der Waals surface area contributed by atoms with Crippen molar-refractivity contribution in [2.45, 2.75) is 13.3 Å². The number of amides is 1. The van der Waals surface area contributed by atoms with Crippen LogP contribution >= 0.6 is 0 Å². The van der Waals surface area contributed by atoms with Crippen LogP contribution < -0.4 is 15.1 Å². The van der Waals surface area contributed by atoms with E-state index < -0.39 is 0 Å². The topological polar surface area (TPSA) is 35.6 Å². The lowest BCUT2D eigenvalue weighted by Gasteiger charge is -2.27. The third-order valence-corrected chi connectivity index (χ3v) is 4.34. The molecule has 2 heterocycles. The second-order valence-corrected chi connectivity index (χ2v) is 6.11. The smallest absolute Gasteiger partial charge is 0.231 e. The highest BCUT2D eigenvalue weighted by Gasteiger charge is 2.32. The highest BCUT2D eigenvalue weighted by Crippen LogP contribution is 2.33. The molecule has 0 bridgehead atoms. The van der Waals surface area contributed by atoms with Crippen molar-refractivity contribution in [2.24, 2.45) is 11.8 Å². The number of anilines is 2. The van der Waals surface area contributed by atoms with E-state index in [1.807, 2.05) is 17.0 Å². The Labute approximate surface area is 120 Å². The quantitative estimate of drug-likeness (QED) is 0.846. The molecule has 0 unspecified atom stereocenters. The monoisotopic (exact) mass is 273 g/mol. The number of carbonyl (C=O) groups excluding carboxylic acids is 1. The number of nitrogens with zero attached hydrogens (tertiary/aromatic N) is 2. The van der Waals surface area contributed by atoms with Gasteiger partial charge in [-0.3, -0.25) is 4.79 Å². The minimum Gasteiger partial charge on any atom is -0.373 e. The number of benzene rings is 1. The molecule has 1 amide bonds. The molecular weight excluding hydrogens is 250 g/mol. The van der Waals surface area contributed by atoms with Gasteiger partial charge in [0.2, 0.25) is 5.91 Å². The van der Waals surface area contributed by atoms with Crippen molar-refractivity contribution in [3.05, 3.63) is 24.3 Å². The van der Waals surface area contributed by atoms with E-state index in [1.165, 1.54) is 0 Å². The van der Waals surface area contributed by atoms with E-state index in [0.717, 1.165) is 44.0 Å². The fraction of sp³-hybridized carbons (Fsp3) is 0.562. The van der Waals surface area contributed by atoms with Gasteiger partial charge >= 0.3 is 0 Å². The zero-order valence-corrected chi connectivity index (χ0v) is 12.3. The fourth-order valence-corrected chi connectivity index (χ4v) is 3.34. The van der Waals surface area contributed by atoms with Gasteiger partial charge in [0.15, 0.2) is 0 Å². The minimum atomic E-state index is 0.138. The lowest BCUT2D eigenvalue weighted by molar-refractivity contribution is -0.121. The standard InChI is InChI=1S/C16H23N3O/c1-12-10-18(2)14-5-3-4-6-15(14)19(11-12)16(20)13-7-8-17-9-13/h3-6,12-13,17H,7-11H2,1-2H3/t12-,13+/m0/s1. The van der Waals surface area contributed by atoms with Crippen molar-refractivity contribution in [2.75, 3.05) is 43.0 Å². The molecule has 0 aromatic heterocycles. The van der Waals surface area contributed by atoms with Crippen LogP contribution in [0.4, 0.5) is 11.4 Å². The molecule has 0 spiro atoms. The Balaban J connectivity index is 1.95. The Morgan fingerprint density at radius 1 is 1.25 bits per heavy atom. The molecule has 1 aromatic rings. The molecule has 2 aliphatic rings. The van der Waals surface area contributed by atoms with Crippen molar-refractivity contribution in [3.63, 3.8) is 0 Å². The second kappa shape index (κ2) is 5.44. The first-order chi connectivity index (χ1) is 9.66. The zero-order valence-electron chi connectivity index (χ0n) is 12.3. The summed E-state index contributed by atoms with van der Waals surface area (Å²) in [4.78, 5) is 17.1. The van der Waals surface area contributed by atoms with E-state index in [1.54, 1.807) is 0 Å².